The predicted molar refractivity (Wildman–Crippen MR) is 73.0 cm³/mol. The molecule has 0 atom stereocenters. The number of nitrogens with zero attached hydrogens (tertiary/aromatic N) is 1. The average Bonchev–Trinajstić information content (AvgIpc) is 2.40. The van der Waals surface area contributed by atoms with Crippen LogP contribution in [0.25, 0.3) is 0 Å². The third-order valence-electron chi connectivity index (χ3n) is 3.67. The molecule has 1 amide bonds. The number of carbonyl (C=O) groups is 1. The number of amides is 1. The molecular formula is C14H19ClN2O. The molecule has 0 aliphatic heterocycles. The van der Waals surface area contributed by atoms with Gasteiger partial charge in [0.05, 0.1) is 5.54 Å². The van der Waals surface area contributed by atoms with Gasteiger partial charge in [0.15, 0.2) is 0 Å². The first-order chi connectivity index (χ1) is 8.67. The van der Waals surface area contributed by atoms with Gasteiger partial charge in [-0.3, -0.25) is 9.78 Å². The van der Waals surface area contributed by atoms with Crippen LogP contribution in [0.5, 0.6) is 0 Å². The minimum absolute atomic E-state index is 0.101. The van der Waals surface area contributed by atoms with Crippen LogP contribution in [0, 0.1) is 6.92 Å². The molecular weight excluding hydrogens is 248 g/mol. The van der Waals surface area contributed by atoms with E-state index in [4.69, 9.17) is 11.6 Å². The van der Waals surface area contributed by atoms with Crippen molar-refractivity contribution in [1.29, 1.82) is 0 Å². The highest BCUT2D eigenvalue weighted by molar-refractivity contribution is 6.19. The molecule has 0 unspecified atom stereocenters. The van der Waals surface area contributed by atoms with Gasteiger partial charge in [-0.2, -0.15) is 0 Å². The quantitative estimate of drug-likeness (QED) is 0.855. The Balaban J connectivity index is 2.13. The largest absolute Gasteiger partial charge is 0.344 e. The minimum Gasteiger partial charge on any atom is -0.344 e. The molecule has 1 aliphatic carbocycles. The van der Waals surface area contributed by atoms with Crippen molar-refractivity contribution in [3.63, 3.8) is 0 Å². The molecule has 0 aromatic carbocycles. The monoisotopic (exact) mass is 266 g/mol. The third-order valence-corrected chi connectivity index (χ3v) is 4.18. The first kappa shape index (κ1) is 13.3. The summed E-state index contributed by atoms with van der Waals surface area (Å²) in [5.74, 6) is 0.376. The van der Waals surface area contributed by atoms with Crippen LogP contribution in [0.2, 0.25) is 0 Å². The molecule has 2 rings (SSSR count). The topological polar surface area (TPSA) is 42.0 Å². The van der Waals surface area contributed by atoms with Crippen LogP contribution in [0.4, 0.5) is 0 Å². The highest BCUT2D eigenvalue weighted by Gasteiger charge is 2.33. The van der Waals surface area contributed by atoms with Gasteiger partial charge >= 0.3 is 0 Å². The Morgan fingerprint density at radius 2 is 2.17 bits per heavy atom. The number of hydrogen-bond donors (Lipinski definition) is 1. The smallest absolute Gasteiger partial charge is 0.270 e. The zero-order valence-electron chi connectivity index (χ0n) is 10.7. The van der Waals surface area contributed by atoms with E-state index in [2.05, 4.69) is 10.3 Å². The number of hydrogen-bond acceptors (Lipinski definition) is 2. The van der Waals surface area contributed by atoms with Crippen LogP contribution >= 0.6 is 11.6 Å². The van der Waals surface area contributed by atoms with Gasteiger partial charge in [0, 0.05) is 12.1 Å². The van der Waals surface area contributed by atoms with E-state index in [9.17, 15) is 4.79 Å². The zero-order chi connectivity index (χ0) is 13.0. The summed E-state index contributed by atoms with van der Waals surface area (Å²) in [4.78, 5) is 16.4. The summed E-state index contributed by atoms with van der Waals surface area (Å²) in [5, 5.41) is 3.11. The standard InChI is InChI=1S/C14H19ClN2O/c1-11-6-5-9-16-12(11)13(18)17-14(10-15)7-3-2-4-8-14/h5-6,9H,2-4,7-8,10H2,1H3,(H,17,18). The van der Waals surface area contributed by atoms with Crippen molar-refractivity contribution in [3.05, 3.63) is 29.6 Å². The SMILES string of the molecule is Cc1cccnc1C(=O)NC1(CCl)CCCCC1. The van der Waals surface area contributed by atoms with Crippen LogP contribution in [-0.4, -0.2) is 22.3 Å². The first-order valence-electron chi connectivity index (χ1n) is 6.47. The van der Waals surface area contributed by atoms with Crippen molar-refractivity contribution >= 4 is 17.5 Å². The highest BCUT2D eigenvalue weighted by Crippen LogP contribution is 2.29. The molecule has 1 N–H and O–H groups in total. The van der Waals surface area contributed by atoms with E-state index in [0.717, 1.165) is 31.2 Å². The summed E-state index contributed by atoms with van der Waals surface area (Å²) in [6.07, 6.45) is 7.08. The van der Waals surface area contributed by atoms with E-state index < -0.39 is 0 Å². The van der Waals surface area contributed by atoms with Crippen LogP contribution in [0.15, 0.2) is 18.3 Å². The summed E-state index contributed by atoms with van der Waals surface area (Å²) in [7, 11) is 0. The van der Waals surface area contributed by atoms with E-state index in [1.807, 2.05) is 19.1 Å². The maximum atomic E-state index is 12.3. The van der Waals surface area contributed by atoms with Crippen molar-refractivity contribution in [1.82, 2.24) is 10.3 Å². The maximum Gasteiger partial charge on any atom is 0.270 e. The molecule has 1 aromatic heterocycles. The lowest BCUT2D eigenvalue weighted by Crippen LogP contribution is -2.51. The fraction of sp³-hybridized carbons (Fsp3) is 0.571. The van der Waals surface area contributed by atoms with E-state index in [0.29, 0.717) is 11.6 Å². The van der Waals surface area contributed by atoms with Gasteiger partial charge in [0.1, 0.15) is 5.69 Å². The summed E-state index contributed by atoms with van der Waals surface area (Å²) in [6.45, 7) is 1.90. The molecule has 98 valence electrons. The Bertz CT molecular complexity index is 428. The lowest BCUT2D eigenvalue weighted by Gasteiger charge is -2.36. The number of nitrogens with one attached hydrogen (secondary N) is 1. The Morgan fingerprint density at radius 3 is 2.78 bits per heavy atom. The first-order valence-corrected chi connectivity index (χ1v) is 7.00. The van der Waals surface area contributed by atoms with E-state index in [-0.39, 0.29) is 11.4 Å². The highest BCUT2D eigenvalue weighted by atomic mass is 35.5. The van der Waals surface area contributed by atoms with Gasteiger partial charge in [-0.15, -0.1) is 11.6 Å². The van der Waals surface area contributed by atoms with E-state index in [1.165, 1.54) is 6.42 Å². The second-order valence-corrected chi connectivity index (χ2v) is 5.36. The van der Waals surface area contributed by atoms with Gasteiger partial charge in [-0.05, 0) is 31.4 Å². The van der Waals surface area contributed by atoms with Crippen molar-refractivity contribution < 1.29 is 4.79 Å². The molecule has 1 aromatic rings. The Labute approximate surface area is 113 Å². The number of rotatable bonds is 3. The molecule has 1 heterocycles. The molecule has 1 saturated carbocycles. The molecule has 3 nitrogen and oxygen atoms in total. The number of carbonyl (C=O) groups excluding carboxylic acids is 1. The predicted octanol–water partition coefficient (Wildman–Crippen LogP) is 3.06. The second-order valence-electron chi connectivity index (χ2n) is 5.10. The number of alkyl halides is 1. The summed E-state index contributed by atoms with van der Waals surface area (Å²) in [5.41, 5.74) is 1.17. The van der Waals surface area contributed by atoms with Crippen LogP contribution in [-0.2, 0) is 0 Å². The Kier molecular flexibility index (Phi) is 4.23. The van der Waals surface area contributed by atoms with Gasteiger partial charge in [0.25, 0.3) is 5.91 Å². The summed E-state index contributed by atoms with van der Waals surface area (Å²) < 4.78 is 0. The molecule has 0 spiro atoms. The van der Waals surface area contributed by atoms with Crippen molar-refractivity contribution in [2.75, 3.05) is 5.88 Å². The third kappa shape index (κ3) is 2.83. The van der Waals surface area contributed by atoms with Crippen molar-refractivity contribution in [2.24, 2.45) is 0 Å². The van der Waals surface area contributed by atoms with Crippen LogP contribution in [0.3, 0.4) is 0 Å². The number of pyridine rings is 1. The molecule has 0 saturated heterocycles. The zero-order valence-corrected chi connectivity index (χ0v) is 11.5. The molecule has 4 heteroatoms. The second kappa shape index (κ2) is 5.70. The number of aryl methyl sites for hydroxylation is 1. The molecule has 0 bridgehead atoms. The van der Waals surface area contributed by atoms with E-state index >= 15 is 0 Å². The molecule has 0 radical (unpaired) electrons. The van der Waals surface area contributed by atoms with E-state index in [1.54, 1.807) is 6.20 Å². The number of halogens is 1. The lowest BCUT2D eigenvalue weighted by molar-refractivity contribution is 0.0879. The average molecular weight is 267 g/mol. The van der Waals surface area contributed by atoms with Gasteiger partial charge in [-0.25, -0.2) is 0 Å². The lowest BCUT2D eigenvalue weighted by atomic mass is 9.83. The van der Waals surface area contributed by atoms with Crippen molar-refractivity contribution in [2.45, 2.75) is 44.6 Å². The van der Waals surface area contributed by atoms with Gasteiger partial charge in [-0.1, -0.05) is 25.3 Å². The number of aromatic nitrogens is 1. The Hall–Kier alpha value is -1.09. The maximum absolute atomic E-state index is 12.3. The van der Waals surface area contributed by atoms with Gasteiger partial charge < -0.3 is 5.32 Å². The van der Waals surface area contributed by atoms with Crippen molar-refractivity contribution in [3.8, 4) is 0 Å². The Morgan fingerprint density at radius 1 is 1.44 bits per heavy atom. The molecule has 18 heavy (non-hydrogen) atoms. The van der Waals surface area contributed by atoms with Crippen LogP contribution in [0.1, 0.15) is 48.2 Å². The molecule has 1 aliphatic rings. The summed E-state index contributed by atoms with van der Waals surface area (Å²) in [6, 6.07) is 3.74. The van der Waals surface area contributed by atoms with Crippen LogP contribution < -0.4 is 5.32 Å². The minimum atomic E-state index is -0.235. The molecule has 1 fully saturated rings. The summed E-state index contributed by atoms with van der Waals surface area (Å²) >= 11 is 6.07. The fourth-order valence-electron chi connectivity index (χ4n) is 2.54. The normalized spacial score (nSPS) is 18.3. The van der Waals surface area contributed by atoms with Gasteiger partial charge in [0.2, 0.25) is 0 Å². The fourth-order valence-corrected chi connectivity index (χ4v) is 2.88.